The molecule has 12 heteroatoms. The van der Waals surface area contributed by atoms with Crippen molar-refractivity contribution in [3.05, 3.63) is 78.5 Å². The maximum atomic E-state index is 15.5. The van der Waals surface area contributed by atoms with Crippen LogP contribution in [-0.4, -0.2) is 67.8 Å². The summed E-state index contributed by atoms with van der Waals surface area (Å²) in [6.07, 6.45) is 2.42. The van der Waals surface area contributed by atoms with E-state index in [0.29, 0.717) is 22.6 Å². The number of nitrogen functional groups attached to an aromatic ring is 1. The molecule has 0 saturated carbocycles. The number of ether oxygens (including phenoxy) is 2. The van der Waals surface area contributed by atoms with Gasteiger partial charge in [0.25, 0.3) is 0 Å². The van der Waals surface area contributed by atoms with Crippen molar-refractivity contribution in [1.29, 1.82) is 0 Å². The third-order valence-corrected chi connectivity index (χ3v) is 7.97. The van der Waals surface area contributed by atoms with Crippen LogP contribution in [0.2, 0.25) is 0 Å². The number of nitrogens with zero attached hydrogens (tertiary/aromatic N) is 3. The van der Waals surface area contributed by atoms with Crippen LogP contribution < -0.4 is 30.7 Å². The van der Waals surface area contributed by atoms with Crippen LogP contribution in [-0.2, 0) is 4.79 Å². The Morgan fingerprint density at radius 2 is 1.89 bits per heavy atom. The van der Waals surface area contributed by atoms with Gasteiger partial charge in [0.2, 0.25) is 5.91 Å². The fraction of sp³-hybridized carbons (Fsp3) is 0.273. The van der Waals surface area contributed by atoms with E-state index in [1.54, 1.807) is 6.07 Å². The molecule has 0 spiro atoms. The minimum Gasteiger partial charge on any atom is -0.496 e. The van der Waals surface area contributed by atoms with E-state index >= 15 is 4.39 Å². The molecule has 2 aromatic carbocycles. The molecule has 45 heavy (non-hydrogen) atoms. The number of benzene rings is 2. The Labute approximate surface area is 260 Å². The lowest BCUT2D eigenvalue weighted by atomic mass is 9.97. The van der Waals surface area contributed by atoms with Gasteiger partial charge in [-0.2, -0.15) is 0 Å². The maximum Gasteiger partial charge on any atom is 0.247 e. The highest BCUT2D eigenvalue weighted by Crippen LogP contribution is 2.43. The number of likely N-dealkylation sites (N-methyl/N-ethyl adjacent to an activating group) is 1. The van der Waals surface area contributed by atoms with E-state index in [0.717, 1.165) is 38.4 Å². The van der Waals surface area contributed by atoms with Gasteiger partial charge in [0.15, 0.2) is 22.9 Å². The molecule has 1 saturated heterocycles. The van der Waals surface area contributed by atoms with Gasteiger partial charge in [0.05, 0.1) is 37.5 Å². The number of piperazine rings is 1. The molecule has 4 aromatic rings. The van der Waals surface area contributed by atoms with Crippen molar-refractivity contribution in [3.63, 3.8) is 0 Å². The lowest BCUT2D eigenvalue weighted by Gasteiger charge is -2.35. The average Bonchev–Trinajstić information content (AvgIpc) is 3.40. The topological polar surface area (TPSA) is 138 Å². The Balaban J connectivity index is 1.48. The third kappa shape index (κ3) is 6.15. The number of aliphatic hydroxyl groups is 1. The number of carbonyl (C=O) groups is 1. The number of furan rings is 1. The van der Waals surface area contributed by atoms with Crippen molar-refractivity contribution in [2.45, 2.75) is 13.0 Å². The normalized spacial score (nSPS) is 14.2. The van der Waals surface area contributed by atoms with Crippen LogP contribution in [0.5, 0.6) is 11.5 Å². The summed E-state index contributed by atoms with van der Waals surface area (Å²) in [5.74, 6) is -0.696. The molecule has 0 radical (unpaired) electrons. The van der Waals surface area contributed by atoms with Gasteiger partial charge >= 0.3 is 0 Å². The van der Waals surface area contributed by atoms with Gasteiger partial charge in [-0.15, -0.1) is 0 Å². The van der Waals surface area contributed by atoms with Crippen LogP contribution in [0.15, 0.2) is 60.2 Å². The Kier molecular flexibility index (Phi) is 9.26. The highest BCUT2D eigenvalue weighted by Gasteiger charge is 2.30. The number of anilines is 5. The standard InChI is InChI=1S/C33H37FN6O5/c1-6-20-24(43-4)17-25(44-5)30(34)29(20)32(42)33-31(35)21-16-27(36-18-26(21)45-33)37-22-10-9-19(15-23(22)38-28(41)7-2)40-13-11-39(8-3)12-14-40/h6-7,9-10,15-18,32,42H,1-2,8,11-14,35H2,3-5H3,(H,36,37)(H,38,41). The highest BCUT2D eigenvalue weighted by atomic mass is 19.1. The molecule has 1 fully saturated rings. The van der Waals surface area contributed by atoms with E-state index in [-0.39, 0.29) is 45.6 Å². The zero-order chi connectivity index (χ0) is 32.2. The number of rotatable bonds is 11. The number of hydrogen-bond acceptors (Lipinski definition) is 10. The first-order valence-electron chi connectivity index (χ1n) is 14.5. The molecular weight excluding hydrogens is 579 g/mol. The summed E-state index contributed by atoms with van der Waals surface area (Å²) in [6.45, 7) is 14.2. The molecule has 5 rings (SSSR count). The van der Waals surface area contributed by atoms with Crippen molar-refractivity contribution in [2.24, 2.45) is 0 Å². The molecule has 2 aromatic heterocycles. The minimum atomic E-state index is -1.61. The number of nitrogens with one attached hydrogen (secondary N) is 2. The summed E-state index contributed by atoms with van der Waals surface area (Å²) in [7, 11) is 2.73. The molecule has 3 heterocycles. The molecule has 0 bridgehead atoms. The predicted molar refractivity (Wildman–Crippen MR) is 175 cm³/mol. The summed E-state index contributed by atoms with van der Waals surface area (Å²) < 4.78 is 31.9. The Morgan fingerprint density at radius 3 is 2.53 bits per heavy atom. The predicted octanol–water partition coefficient (Wildman–Crippen LogP) is 5.30. The van der Waals surface area contributed by atoms with Gasteiger partial charge in [0.1, 0.15) is 17.7 Å². The first-order valence-corrected chi connectivity index (χ1v) is 14.5. The van der Waals surface area contributed by atoms with Gasteiger partial charge in [0, 0.05) is 54.4 Å². The van der Waals surface area contributed by atoms with Gasteiger partial charge < -0.3 is 45.2 Å². The summed E-state index contributed by atoms with van der Waals surface area (Å²) in [5.41, 5.74) is 9.04. The van der Waals surface area contributed by atoms with Gasteiger partial charge in [-0.1, -0.05) is 26.2 Å². The number of hydrogen-bond donors (Lipinski definition) is 4. The minimum absolute atomic E-state index is 0.0762. The molecule has 1 amide bonds. The number of halogens is 1. The zero-order valence-electron chi connectivity index (χ0n) is 25.5. The number of aromatic nitrogens is 1. The quantitative estimate of drug-likeness (QED) is 0.164. The first-order chi connectivity index (χ1) is 21.7. The molecule has 1 atom stereocenters. The van der Waals surface area contributed by atoms with E-state index in [1.807, 2.05) is 18.2 Å². The van der Waals surface area contributed by atoms with Crippen LogP contribution in [0.25, 0.3) is 17.0 Å². The van der Waals surface area contributed by atoms with Crippen LogP contribution in [0.1, 0.15) is 29.9 Å². The Morgan fingerprint density at radius 1 is 1.16 bits per heavy atom. The molecule has 1 aliphatic rings. The third-order valence-electron chi connectivity index (χ3n) is 7.97. The second kappa shape index (κ2) is 13.3. The number of methoxy groups -OCH3 is 2. The van der Waals surface area contributed by atoms with Crippen molar-refractivity contribution >= 4 is 51.5 Å². The summed E-state index contributed by atoms with van der Waals surface area (Å²) in [4.78, 5) is 21.4. The zero-order valence-corrected chi connectivity index (χ0v) is 25.5. The number of nitrogens with two attached hydrogens (primary N) is 1. The number of amides is 1. The van der Waals surface area contributed by atoms with Crippen LogP contribution >= 0.6 is 0 Å². The van der Waals surface area contributed by atoms with Gasteiger partial charge in [-0.25, -0.2) is 9.37 Å². The second-order valence-corrected chi connectivity index (χ2v) is 10.4. The van der Waals surface area contributed by atoms with Gasteiger partial charge in [-0.05, 0) is 36.9 Å². The van der Waals surface area contributed by atoms with Crippen molar-refractivity contribution in [2.75, 3.05) is 68.2 Å². The first kappa shape index (κ1) is 31.4. The number of aliphatic hydroxyl groups excluding tert-OH is 1. The van der Waals surface area contributed by atoms with E-state index in [9.17, 15) is 9.90 Å². The number of carbonyl (C=O) groups excluding carboxylic acids is 1. The van der Waals surface area contributed by atoms with Crippen molar-refractivity contribution < 1.29 is 28.2 Å². The molecule has 5 N–H and O–H groups in total. The fourth-order valence-corrected chi connectivity index (χ4v) is 5.47. The summed E-state index contributed by atoms with van der Waals surface area (Å²) in [6, 6.07) is 8.80. The number of fused-ring (bicyclic) bond motifs is 1. The SMILES string of the molecule is C=CC(=O)Nc1cc(N2CCN(CC)CC2)ccc1Nc1cc2c(N)c(C(O)c3c(F)c(OC)cc(OC)c3C=C)oc2cn1. The maximum absolute atomic E-state index is 15.5. The highest BCUT2D eigenvalue weighted by molar-refractivity contribution is 6.02. The van der Waals surface area contributed by atoms with Crippen LogP contribution in [0.3, 0.4) is 0 Å². The van der Waals surface area contributed by atoms with E-state index < -0.39 is 11.9 Å². The molecule has 1 unspecified atom stereocenters. The second-order valence-electron chi connectivity index (χ2n) is 10.4. The molecule has 11 nitrogen and oxygen atoms in total. The molecule has 236 valence electrons. The van der Waals surface area contributed by atoms with E-state index in [2.05, 4.69) is 45.5 Å². The lowest BCUT2D eigenvalue weighted by molar-refractivity contribution is -0.111. The molecule has 0 aliphatic carbocycles. The Bertz CT molecular complexity index is 1750. The van der Waals surface area contributed by atoms with Crippen molar-refractivity contribution in [3.8, 4) is 11.5 Å². The van der Waals surface area contributed by atoms with Crippen molar-refractivity contribution in [1.82, 2.24) is 9.88 Å². The fourth-order valence-electron chi connectivity index (χ4n) is 5.47. The van der Waals surface area contributed by atoms with E-state index in [4.69, 9.17) is 19.6 Å². The van der Waals surface area contributed by atoms with Crippen LogP contribution in [0.4, 0.5) is 33.0 Å². The van der Waals surface area contributed by atoms with Crippen LogP contribution in [0, 0.1) is 5.82 Å². The Hall–Kier alpha value is -5.07. The van der Waals surface area contributed by atoms with Gasteiger partial charge in [-0.3, -0.25) is 4.79 Å². The number of pyridine rings is 1. The molecule has 1 aliphatic heterocycles. The summed E-state index contributed by atoms with van der Waals surface area (Å²) >= 11 is 0. The van der Waals surface area contributed by atoms with E-state index in [1.165, 1.54) is 38.6 Å². The monoisotopic (exact) mass is 616 g/mol. The lowest BCUT2D eigenvalue weighted by Crippen LogP contribution is -2.46. The smallest absolute Gasteiger partial charge is 0.247 e. The molecular formula is C33H37FN6O5. The summed E-state index contributed by atoms with van der Waals surface area (Å²) in [5, 5.41) is 17.9. The largest absolute Gasteiger partial charge is 0.496 e. The average molecular weight is 617 g/mol.